The summed E-state index contributed by atoms with van der Waals surface area (Å²) in [5, 5.41) is 3.02. The van der Waals surface area contributed by atoms with Gasteiger partial charge in [-0.25, -0.2) is 0 Å². The number of likely N-dealkylation sites (tertiary alicyclic amines) is 1. The SMILES string of the molecule is CC1CCN(CCCCNC(=O)CCc2ccccc2N)CC1. The van der Waals surface area contributed by atoms with Gasteiger partial charge in [0.15, 0.2) is 0 Å². The molecule has 1 aliphatic heterocycles. The summed E-state index contributed by atoms with van der Waals surface area (Å²) < 4.78 is 0. The Bertz CT molecular complexity index is 481. The zero-order chi connectivity index (χ0) is 16.5. The first-order valence-electron chi connectivity index (χ1n) is 8.97. The van der Waals surface area contributed by atoms with Gasteiger partial charge in [-0.3, -0.25) is 4.79 Å². The Labute approximate surface area is 140 Å². The Morgan fingerprint density at radius 1 is 1.26 bits per heavy atom. The molecule has 0 unspecified atom stereocenters. The van der Waals surface area contributed by atoms with Crippen molar-refractivity contribution in [2.45, 2.75) is 45.4 Å². The molecular formula is C19H31N3O. The number of piperidine rings is 1. The number of anilines is 1. The summed E-state index contributed by atoms with van der Waals surface area (Å²) in [6, 6.07) is 7.75. The van der Waals surface area contributed by atoms with Crippen molar-refractivity contribution in [2.75, 3.05) is 31.9 Å². The zero-order valence-corrected chi connectivity index (χ0v) is 14.4. The predicted molar refractivity (Wildman–Crippen MR) is 96.3 cm³/mol. The van der Waals surface area contributed by atoms with Crippen molar-refractivity contribution in [3.63, 3.8) is 0 Å². The molecule has 1 heterocycles. The maximum Gasteiger partial charge on any atom is 0.220 e. The van der Waals surface area contributed by atoms with Crippen LogP contribution in [0.25, 0.3) is 0 Å². The number of hydrogen-bond acceptors (Lipinski definition) is 3. The molecule has 1 aromatic rings. The highest BCUT2D eigenvalue weighted by Gasteiger charge is 2.14. The first-order chi connectivity index (χ1) is 11.1. The first kappa shape index (κ1) is 17.8. The number of carbonyl (C=O) groups is 1. The monoisotopic (exact) mass is 317 g/mol. The van der Waals surface area contributed by atoms with Crippen LogP contribution in [-0.2, 0) is 11.2 Å². The second kappa shape index (κ2) is 9.56. The van der Waals surface area contributed by atoms with Gasteiger partial charge in [0.25, 0.3) is 0 Å². The molecule has 1 fully saturated rings. The van der Waals surface area contributed by atoms with Crippen LogP contribution in [0.3, 0.4) is 0 Å². The highest BCUT2D eigenvalue weighted by atomic mass is 16.1. The Morgan fingerprint density at radius 2 is 2.00 bits per heavy atom. The summed E-state index contributed by atoms with van der Waals surface area (Å²) in [4.78, 5) is 14.4. The molecule has 4 nitrogen and oxygen atoms in total. The van der Waals surface area contributed by atoms with Crippen LogP contribution in [0, 0.1) is 5.92 Å². The fourth-order valence-corrected chi connectivity index (χ4v) is 3.07. The highest BCUT2D eigenvalue weighted by Crippen LogP contribution is 2.16. The third kappa shape index (κ3) is 6.61. The Hall–Kier alpha value is -1.55. The molecule has 0 atom stereocenters. The summed E-state index contributed by atoms with van der Waals surface area (Å²) in [5.74, 6) is 1.02. The van der Waals surface area contributed by atoms with Gasteiger partial charge in [-0.1, -0.05) is 25.1 Å². The van der Waals surface area contributed by atoms with E-state index in [1.165, 1.54) is 38.9 Å². The molecule has 23 heavy (non-hydrogen) atoms. The van der Waals surface area contributed by atoms with Crippen molar-refractivity contribution in [3.8, 4) is 0 Å². The highest BCUT2D eigenvalue weighted by molar-refractivity contribution is 5.76. The van der Waals surface area contributed by atoms with E-state index in [0.29, 0.717) is 12.8 Å². The normalized spacial score (nSPS) is 16.4. The van der Waals surface area contributed by atoms with Crippen LogP contribution in [0.1, 0.15) is 44.6 Å². The number of amides is 1. The van der Waals surface area contributed by atoms with Gasteiger partial charge < -0.3 is 16.0 Å². The van der Waals surface area contributed by atoms with Gasteiger partial charge in [0.1, 0.15) is 0 Å². The van der Waals surface area contributed by atoms with E-state index in [2.05, 4.69) is 17.1 Å². The van der Waals surface area contributed by atoms with Crippen LogP contribution in [0.5, 0.6) is 0 Å². The Kier molecular flexibility index (Phi) is 7.40. The molecular weight excluding hydrogens is 286 g/mol. The van der Waals surface area contributed by atoms with Crippen LogP contribution < -0.4 is 11.1 Å². The standard InChI is InChI=1S/C19H31N3O/c1-16-10-14-22(15-11-16)13-5-4-12-21-19(23)9-8-17-6-2-3-7-18(17)20/h2-3,6-7,16H,4-5,8-15,20H2,1H3,(H,21,23). The molecule has 1 amide bonds. The van der Waals surface area contributed by atoms with E-state index in [0.717, 1.165) is 30.1 Å². The summed E-state index contributed by atoms with van der Waals surface area (Å²) in [6.45, 7) is 6.78. The summed E-state index contributed by atoms with van der Waals surface area (Å²) >= 11 is 0. The van der Waals surface area contributed by atoms with Gasteiger partial charge in [-0.2, -0.15) is 0 Å². The van der Waals surface area contributed by atoms with E-state index in [1.807, 2.05) is 24.3 Å². The molecule has 4 heteroatoms. The molecule has 128 valence electrons. The van der Waals surface area contributed by atoms with E-state index in [1.54, 1.807) is 0 Å². The van der Waals surface area contributed by atoms with Crippen molar-refractivity contribution in [1.82, 2.24) is 10.2 Å². The number of nitrogens with one attached hydrogen (secondary N) is 1. The maximum absolute atomic E-state index is 11.9. The Morgan fingerprint density at radius 3 is 2.74 bits per heavy atom. The zero-order valence-electron chi connectivity index (χ0n) is 14.4. The summed E-state index contributed by atoms with van der Waals surface area (Å²) in [6.07, 6.45) is 6.12. The average Bonchev–Trinajstić information content (AvgIpc) is 2.55. The number of benzene rings is 1. The lowest BCUT2D eigenvalue weighted by molar-refractivity contribution is -0.121. The number of nitrogen functional groups attached to an aromatic ring is 1. The predicted octanol–water partition coefficient (Wildman–Crippen LogP) is 2.83. The lowest BCUT2D eigenvalue weighted by Crippen LogP contribution is -2.34. The van der Waals surface area contributed by atoms with Gasteiger partial charge in [0, 0.05) is 18.7 Å². The number of unbranched alkanes of at least 4 members (excludes halogenated alkanes) is 1. The topological polar surface area (TPSA) is 58.4 Å². The van der Waals surface area contributed by atoms with E-state index in [4.69, 9.17) is 5.73 Å². The number of hydrogen-bond donors (Lipinski definition) is 2. The van der Waals surface area contributed by atoms with Gasteiger partial charge in [0.05, 0.1) is 0 Å². The lowest BCUT2D eigenvalue weighted by Gasteiger charge is -2.30. The second-order valence-electron chi connectivity index (χ2n) is 6.78. The van der Waals surface area contributed by atoms with Crippen LogP contribution in [0.2, 0.25) is 0 Å². The number of carbonyl (C=O) groups excluding carboxylic acids is 1. The third-order valence-corrected chi connectivity index (χ3v) is 4.78. The summed E-state index contributed by atoms with van der Waals surface area (Å²) in [5.41, 5.74) is 7.72. The minimum absolute atomic E-state index is 0.125. The Balaban J connectivity index is 1.51. The van der Waals surface area contributed by atoms with E-state index in [9.17, 15) is 4.79 Å². The quantitative estimate of drug-likeness (QED) is 0.572. The van der Waals surface area contributed by atoms with E-state index in [-0.39, 0.29) is 5.91 Å². The number of aryl methyl sites for hydroxylation is 1. The largest absolute Gasteiger partial charge is 0.399 e. The summed E-state index contributed by atoms with van der Waals surface area (Å²) in [7, 11) is 0. The molecule has 0 aromatic heterocycles. The van der Waals surface area contributed by atoms with E-state index >= 15 is 0 Å². The number of rotatable bonds is 8. The fraction of sp³-hybridized carbons (Fsp3) is 0.632. The van der Waals surface area contributed by atoms with Crippen LogP contribution in [0.15, 0.2) is 24.3 Å². The first-order valence-corrected chi connectivity index (χ1v) is 8.97. The van der Waals surface area contributed by atoms with Crippen molar-refractivity contribution < 1.29 is 4.79 Å². The maximum atomic E-state index is 11.9. The van der Waals surface area contributed by atoms with Crippen molar-refractivity contribution in [1.29, 1.82) is 0 Å². The van der Waals surface area contributed by atoms with Gasteiger partial charge in [-0.05, 0) is 69.3 Å². The smallest absolute Gasteiger partial charge is 0.220 e. The van der Waals surface area contributed by atoms with Gasteiger partial charge >= 0.3 is 0 Å². The molecule has 2 rings (SSSR count). The second-order valence-corrected chi connectivity index (χ2v) is 6.78. The van der Waals surface area contributed by atoms with Crippen molar-refractivity contribution in [3.05, 3.63) is 29.8 Å². The lowest BCUT2D eigenvalue weighted by atomic mass is 9.99. The van der Waals surface area contributed by atoms with Crippen molar-refractivity contribution in [2.24, 2.45) is 5.92 Å². The molecule has 0 bridgehead atoms. The molecule has 1 saturated heterocycles. The van der Waals surface area contributed by atoms with E-state index < -0.39 is 0 Å². The molecule has 1 aromatic carbocycles. The fourth-order valence-electron chi connectivity index (χ4n) is 3.07. The molecule has 1 aliphatic rings. The molecule has 0 radical (unpaired) electrons. The van der Waals surface area contributed by atoms with Crippen LogP contribution in [-0.4, -0.2) is 37.0 Å². The number of nitrogens with zero attached hydrogens (tertiary/aromatic N) is 1. The third-order valence-electron chi connectivity index (χ3n) is 4.78. The van der Waals surface area contributed by atoms with Crippen LogP contribution >= 0.6 is 0 Å². The van der Waals surface area contributed by atoms with Crippen LogP contribution in [0.4, 0.5) is 5.69 Å². The minimum atomic E-state index is 0.125. The minimum Gasteiger partial charge on any atom is -0.399 e. The van der Waals surface area contributed by atoms with Gasteiger partial charge in [-0.15, -0.1) is 0 Å². The average molecular weight is 317 g/mol. The molecule has 0 spiro atoms. The van der Waals surface area contributed by atoms with Gasteiger partial charge in [0.2, 0.25) is 5.91 Å². The molecule has 3 N–H and O–H groups in total. The molecule has 0 saturated carbocycles. The molecule has 0 aliphatic carbocycles. The number of nitrogens with two attached hydrogens (primary N) is 1. The number of para-hydroxylation sites is 1. The van der Waals surface area contributed by atoms with Crippen molar-refractivity contribution >= 4 is 11.6 Å².